The minimum atomic E-state index is -3.58. The Kier molecular flexibility index (Phi) is 4.17. The fraction of sp³-hybridized carbons (Fsp3) is 0.333. The van der Waals surface area contributed by atoms with E-state index in [-0.39, 0.29) is 0 Å². The van der Waals surface area contributed by atoms with E-state index in [1.165, 1.54) is 0 Å². The summed E-state index contributed by atoms with van der Waals surface area (Å²) in [7, 11) is -3.58. The maximum absolute atomic E-state index is 13.4. The van der Waals surface area contributed by atoms with Crippen LogP contribution in [0.15, 0.2) is 41.3 Å². The first-order valence-corrected chi connectivity index (χ1v) is 9.24. The van der Waals surface area contributed by atoms with Crippen molar-refractivity contribution >= 4 is 15.7 Å². The van der Waals surface area contributed by atoms with Gasteiger partial charge in [-0.15, -0.1) is 0 Å². The van der Waals surface area contributed by atoms with Crippen LogP contribution in [0.2, 0.25) is 0 Å². The Bertz CT molecular complexity index is 821. The highest BCUT2D eigenvalue weighted by Gasteiger charge is 2.30. The third-order valence-corrected chi connectivity index (χ3v) is 6.34. The van der Waals surface area contributed by atoms with Gasteiger partial charge in [0.25, 0.3) is 10.0 Å². The van der Waals surface area contributed by atoms with Gasteiger partial charge in [0.2, 0.25) is 0 Å². The lowest BCUT2D eigenvalue weighted by molar-refractivity contribution is 0.588. The largest absolute Gasteiger partial charge is 0.311 e. The number of para-hydroxylation sites is 1. The summed E-state index contributed by atoms with van der Waals surface area (Å²) in [5.41, 5.74) is 4.47. The smallest absolute Gasteiger partial charge is 0.264 e. The molecule has 2 aromatic rings. The molecule has 3 rings (SSSR count). The summed E-state index contributed by atoms with van der Waals surface area (Å²) < 4.78 is 28.3. The highest BCUT2D eigenvalue weighted by Crippen LogP contribution is 2.31. The molecule has 0 aliphatic carbocycles. The van der Waals surface area contributed by atoms with E-state index in [2.05, 4.69) is 5.32 Å². The molecule has 2 aromatic carbocycles. The van der Waals surface area contributed by atoms with Crippen molar-refractivity contribution in [3.8, 4) is 0 Å². The number of aryl methyl sites for hydroxylation is 3. The van der Waals surface area contributed by atoms with Crippen LogP contribution in [0.25, 0.3) is 0 Å². The van der Waals surface area contributed by atoms with E-state index in [1.807, 2.05) is 57.2 Å². The van der Waals surface area contributed by atoms with E-state index in [9.17, 15) is 8.42 Å². The molecule has 0 fully saturated rings. The van der Waals surface area contributed by atoms with Crippen LogP contribution in [0.4, 0.5) is 5.69 Å². The first-order valence-electron chi connectivity index (χ1n) is 7.80. The molecular weight excluding hydrogens is 308 g/mol. The first-order chi connectivity index (χ1) is 10.9. The van der Waals surface area contributed by atoms with Crippen molar-refractivity contribution in [3.05, 3.63) is 58.7 Å². The number of anilines is 1. The van der Waals surface area contributed by atoms with E-state index in [0.29, 0.717) is 24.5 Å². The predicted octanol–water partition coefficient (Wildman–Crippen LogP) is 2.91. The van der Waals surface area contributed by atoms with Crippen LogP contribution in [0.5, 0.6) is 0 Å². The van der Waals surface area contributed by atoms with E-state index < -0.39 is 10.0 Å². The van der Waals surface area contributed by atoms with Gasteiger partial charge in [-0.1, -0.05) is 35.9 Å². The molecule has 0 atom stereocenters. The van der Waals surface area contributed by atoms with Crippen molar-refractivity contribution in [1.29, 1.82) is 0 Å². The van der Waals surface area contributed by atoms with Crippen molar-refractivity contribution in [2.45, 2.75) is 32.2 Å². The zero-order valence-electron chi connectivity index (χ0n) is 13.8. The monoisotopic (exact) mass is 330 g/mol. The molecule has 23 heavy (non-hydrogen) atoms. The first kappa shape index (κ1) is 16.0. The third kappa shape index (κ3) is 2.86. The van der Waals surface area contributed by atoms with Crippen LogP contribution in [-0.2, 0) is 16.6 Å². The second-order valence-electron chi connectivity index (χ2n) is 6.11. The fourth-order valence-corrected chi connectivity index (χ4v) is 5.28. The van der Waals surface area contributed by atoms with Crippen molar-refractivity contribution in [1.82, 2.24) is 5.32 Å². The standard InChI is InChI=1S/C18H22N2O2S/c1-13-10-14(2)18(15(3)11-13)23(21,22)20-9-8-19-12-16-6-4-5-7-17(16)20/h4-7,10-11,19H,8-9,12H2,1-3H3. The molecule has 1 heterocycles. The summed E-state index contributed by atoms with van der Waals surface area (Å²) in [5, 5.41) is 3.29. The Morgan fingerprint density at radius 2 is 1.70 bits per heavy atom. The number of nitrogens with one attached hydrogen (secondary N) is 1. The molecule has 0 bridgehead atoms. The maximum Gasteiger partial charge on any atom is 0.264 e. The topological polar surface area (TPSA) is 49.4 Å². The van der Waals surface area contributed by atoms with Gasteiger partial charge < -0.3 is 5.32 Å². The van der Waals surface area contributed by atoms with Crippen LogP contribution < -0.4 is 9.62 Å². The summed E-state index contributed by atoms with van der Waals surface area (Å²) in [6.45, 7) is 7.49. The lowest BCUT2D eigenvalue weighted by atomic mass is 10.1. The quantitative estimate of drug-likeness (QED) is 0.921. The number of hydrogen-bond donors (Lipinski definition) is 1. The Labute approximate surface area is 138 Å². The van der Waals surface area contributed by atoms with Gasteiger partial charge in [0.05, 0.1) is 10.6 Å². The number of fused-ring (bicyclic) bond motifs is 1. The average molecular weight is 330 g/mol. The lowest BCUT2D eigenvalue weighted by Gasteiger charge is -2.26. The van der Waals surface area contributed by atoms with Gasteiger partial charge in [-0.2, -0.15) is 0 Å². The minimum absolute atomic E-state index is 0.430. The van der Waals surface area contributed by atoms with E-state index in [1.54, 1.807) is 4.31 Å². The summed E-state index contributed by atoms with van der Waals surface area (Å²) in [4.78, 5) is 0.430. The van der Waals surface area contributed by atoms with Gasteiger partial charge in [0.15, 0.2) is 0 Å². The molecular formula is C18H22N2O2S. The van der Waals surface area contributed by atoms with Gasteiger partial charge in [-0.25, -0.2) is 8.42 Å². The molecule has 1 aliphatic rings. The number of benzene rings is 2. The zero-order valence-corrected chi connectivity index (χ0v) is 14.6. The third-order valence-electron chi connectivity index (χ3n) is 4.22. The zero-order chi connectivity index (χ0) is 16.6. The number of rotatable bonds is 2. The highest BCUT2D eigenvalue weighted by atomic mass is 32.2. The van der Waals surface area contributed by atoms with Crippen LogP contribution in [0, 0.1) is 20.8 Å². The van der Waals surface area contributed by atoms with Crippen molar-refractivity contribution < 1.29 is 8.42 Å². The van der Waals surface area contributed by atoms with Crippen LogP contribution in [0.1, 0.15) is 22.3 Å². The van der Waals surface area contributed by atoms with Gasteiger partial charge in [0.1, 0.15) is 0 Å². The molecule has 0 unspecified atom stereocenters. The normalized spacial score (nSPS) is 15.2. The molecule has 5 heteroatoms. The molecule has 0 saturated carbocycles. The lowest BCUT2D eigenvalue weighted by Crippen LogP contribution is -2.35. The summed E-state index contributed by atoms with van der Waals surface area (Å²) in [6, 6.07) is 11.6. The number of sulfonamides is 1. The van der Waals surface area contributed by atoms with Gasteiger partial charge in [-0.05, 0) is 43.5 Å². The molecule has 122 valence electrons. The van der Waals surface area contributed by atoms with Gasteiger partial charge in [-0.3, -0.25) is 4.31 Å². The molecule has 0 spiro atoms. The second kappa shape index (κ2) is 5.98. The molecule has 1 aliphatic heterocycles. The van der Waals surface area contributed by atoms with E-state index in [4.69, 9.17) is 0 Å². The van der Waals surface area contributed by atoms with Crippen molar-refractivity contribution in [2.24, 2.45) is 0 Å². The van der Waals surface area contributed by atoms with Crippen molar-refractivity contribution in [3.63, 3.8) is 0 Å². The summed E-state index contributed by atoms with van der Waals surface area (Å²) >= 11 is 0. The SMILES string of the molecule is Cc1cc(C)c(S(=O)(=O)N2CCNCc3ccccc32)c(C)c1. The van der Waals surface area contributed by atoms with Gasteiger partial charge in [0, 0.05) is 19.6 Å². The van der Waals surface area contributed by atoms with E-state index >= 15 is 0 Å². The summed E-state index contributed by atoms with van der Waals surface area (Å²) in [5.74, 6) is 0. The molecule has 0 aromatic heterocycles. The number of nitrogens with zero attached hydrogens (tertiary/aromatic N) is 1. The highest BCUT2D eigenvalue weighted by molar-refractivity contribution is 7.93. The van der Waals surface area contributed by atoms with Crippen LogP contribution in [-0.4, -0.2) is 21.5 Å². The Morgan fingerprint density at radius 1 is 1.04 bits per heavy atom. The van der Waals surface area contributed by atoms with Crippen LogP contribution in [0.3, 0.4) is 0 Å². The molecule has 1 N–H and O–H groups in total. The fourth-order valence-electron chi connectivity index (χ4n) is 3.36. The van der Waals surface area contributed by atoms with Gasteiger partial charge >= 0.3 is 0 Å². The molecule has 0 saturated heterocycles. The predicted molar refractivity (Wildman–Crippen MR) is 93.3 cm³/mol. The average Bonchev–Trinajstić information content (AvgIpc) is 2.68. The summed E-state index contributed by atoms with van der Waals surface area (Å²) in [6.07, 6.45) is 0. The Morgan fingerprint density at radius 3 is 2.39 bits per heavy atom. The van der Waals surface area contributed by atoms with Crippen LogP contribution >= 0.6 is 0 Å². The minimum Gasteiger partial charge on any atom is -0.311 e. The van der Waals surface area contributed by atoms with E-state index in [0.717, 1.165) is 27.9 Å². The van der Waals surface area contributed by atoms with Crippen molar-refractivity contribution in [2.75, 3.05) is 17.4 Å². The molecule has 4 nitrogen and oxygen atoms in total. The molecule has 0 amide bonds. The maximum atomic E-state index is 13.4. The number of hydrogen-bond acceptors (Lipinski definition) is 3. The Balaban J connectivity index is 2.18. The molecule has 0 radical (unpaired) electrons. The second-order valence-corrected chi connectivity index (χ2v) is 7.91. The Hall–Kier alpha value is -1.85.